The van der Waals surface area contributed by atoms with Crippen molar-refractivity contribution in [1.82, 2.24) is 0 Å². The maximum absolute atomic E-state index is 9.66. The minimum atomic E-state index is 0.609. The van der Waals surface area contributed by atoms with Crippen molar-refractivity contribution in [2.24, 2.45) is 0 Å². The van der Waals surface area contributed by atoms with Gasteiger partial charge >= 0.3 is 0 Å². The Bertz CT molecular complexity index is 933. The van der Waals surface area contributed by atoms with Crippen LogP contribution in [0.3, 0.4) is 0 Å². The molecule has 3 heteroatoms. The molecule has 0 aliphatic carbocycles. The van der Waals surface area contributed by atoms with Gasteiger partial charge in [-0.25, -0.2) is 0 Å². The SMILES string of the molecule is COc1ccc(Br)cc1/C=C(\C#N)c1cccc2ccccc12. The third-order valence-corrected chi connectivity index (χ3v) is 4.19. The Balaban J connectivity index is 2.20. The molecular weight excluding hydrogens is 350 g/mol. The van der Waals surface area contributed by atoms with E-state index in [0.29, 0.717) is 5.57 Å². The van der Waals surface area contributed by atoms with Gasteiger partial charge in [-0.15, -0.1) is 0 Å². The van der Waals surface area contributed by atoms with E-state index in [1.165, 1.54) is 0 Å². The second-order valence-electron chi connectivity index (χ2n) is 5.08. The molecule has 0 aliphatic heterocycles. The van der Waals surface area contributed by atoms with Gasteiger partial charge in [0.1, 0.15) is 5.75 Å². The molecule has 0 saturated carbocycles. The zero-order valence-corrected chi connectivity index (χ0v) is 14.2. The summed E-state index contributed by atoms with van der Waals surface area (Å²) in [6, 6.07) is 22.1. The molecule has 0 bridgehead atoms. The van der Waals surface area contributed by atoms with Crippen molar-refractivity contribution in [1.29, 1.82) is 5.26 Å². The van der Waals surface area contributed by atoms with Gasteiger partial charge in [0, 0.05) is 15.6 Å². The Labute approximate surface area is 143 Å². The quantitative estimate of drug-likeness (QED) is 0.443. The monoisotopic (exact) mass is 363 g/mol. The molecule has 23 heavy (non-hydrogen) atoms. The lowest BCUT2D eigenvalue weighted by Crippen LogP contribution is -1.89. The van der Waals surface area contributed by atoms with Crippen LogP contribution in [0.15, 0.2) is 65.1 Å². The molecule has 0 radical (unpaired) electrons. The van der Waals surface area contributed by atoms with Gasteiger partial charge in [0.15, 0.2) is 0 Å². The summed E-state index contributed by atoms with van der Waals surface area (Å²) in [6.07, 6.45) is 1.87. The lowest BCUT2D eigenvalue weighted by molar-refractivity contribution is 0.414. The third-order valence-electron chi connectivity index (χ3n) is 3.69. The van der Waals surface area contributed by atoms with Gasteiger partial charge in [-0.1, -0.05) is 58.4 Å². The molecule has 0 heterocycles. The summed E-state index contributed by atoms with van der Waals surface area (Å²) in [6.45, 7) is 0. The van der Waals surface area contributed by atoms with E-state index in [2.05, 4.69) is 22.0 Å². The molecular formula is C20H14BrNO. The molecule has 0 amide bonds. The van der Waals surface area contributed by atoms with E-state index in [1.54, 1.807) is 7.11 Å². The first-order valence-corrected chi connectivity index (χ1v) is 7.95. The smallest absolute Gasteiger partial charge is 0.126 e. The van der Waals surface area contributed by atoms with Crippen LogP contribution >= 0.6 is 15.9 Å². The Morgan fingerprint density at radius 2 is 1.87 bits per heavy atom. The van der Waals surface area contributed by atoms with E-state index in [0.717, 1.165) is 32.1 Å². The first-order chi connectivity index (χ1) is 11.2. The Morgan fingerprint density at radius 1 is 1.09 bits per heavy atom. The largest absolute Gasteiger partial charge is 0.496 e. The normalized spacial score (nSPS) is 11.3. The van der Waals surface area contributed by atoms with Crippen molar-refractivity contribution < 1.29 is 4.74 Å². The number of methoxy groups -OCH3 is 1. The van der Waals surface area contributed by atoms with Crippen molar-refractivity contribution in [2.75, 3.05) is 7.11 Å². The summed E-state index contributed by atoms with van der Waals surface area (Å²) in [5.41, 5.74) is 2.40. The van der Waals surface area contributed by atoms with Crippen molar-refractivity contribution in [3.63, 3.8) is 0 Å². The van der Waals surface area contributed by atoms with Gasteiger partial charge in [-0.2, -0.15) is 5.26 Å². The topological polar surface area (TPSA) is 33.0 Å². The molecule has 2 nitrogen and oxygen atoms in total. The number of allylic oxidation sites excluding steroid dienone is 1. The summed E-state index contributed by atoms with van der Waals surface area (Å²) in [4.78, 5) is 0. The molecule has 0 saturated heterocycles. The first kappa shape index (κ1) is 15.3. The van der Waals surface area contributed by atoms with Gasteiger partial charge in [-0.05, 0) is 35.0 Å². The Morgan fingerprint density at radius 3 is 2.65 bits per heavy atom. The van der Waals surface area contributed by atoms with E-state index in [-0.39, 0.29) is 0 Å². The zero-order chi connectivity index (χ0) is 16.2. The Hall–Kier alpha value is -2.57. The van der Waals surface area contributed by atoms with Crippen LogP contribution in [0, 0.1) is 11.3 Å². The average Bonchev–Trinajstić information content (AvgIpc) is 2.59. The Kier molecular flexibility index (Phi) is 4.45. The lowest BCUT2D eigenvalue weighted by atomic mass is 9.97. The number of fused-ring (bicyclic) bond motifs is 1. The number of nitrogens with zero attached hydrogens (tertiary/aromatic N) is 1. The summed E-state index contributed by atoms with van der Waals surface area (Å²) >= 11 is 3.47. The number of rotatable bonds is 3. The average molecular weight is 364 g/mol. The van der Waals surface area contributed by atoms with Crippen molar-refractivity contribution in [3.05, 3.63) is 76.3 Å². The van der Waals surface area contributed by atoms with Crippen molar-refractivity contribution in [3.8, 4) is 11.8 Å². The molecule has 0 aromatic heterocycles. The van der Waals surface area contributed by atoms with Crippen molar-refractivity contribution >= 4 is 38.4 Å². The highest BCUT2D eigenvalue weighted by Crippen LogP contribution is 2.30. The first-order valence-electron chi connectivity index (χ1n) is 7.16. The molecule has 3 aromatic carbocycles. The van der Waals surface area contributed by atoms with Crippen LogP contribution in [0.2, 0.25) is 0 Å². The van der Waals surface area contributed by atoms with Crippen LogP contribution in [-0.4, -0.2) is 7.11 Å². The van der Waals surface area contributed by atoms with E-state index in [1.807, 2.05) is 66.7 Å². The van der Waals surface area contributed by atoms with E-state index in [4.69, 9.17) is 4.74 Å². The molecule has 0 spiro atoms. The van der Waals surface area contributed by atoms with E-state index in [9.17, 15) is 5.26 Å². The minimum Gasteiger partial charge on any atom is -0.496 e. The molecule has 112 valence electrons. The van der Waals surface area contributed by atoms with Gasteiger partial charge in [0.25, 0.3) is 0 Å². The van der Waals surface area contributed by atoms with Crippen LogP contribution in [0.4, 0.5) is 0 Å². The molecule has 3 aromatic rings. The van der Waals surface area contributed by atoms with Crippen LogP contribution in [0.5, 0.6) is 5.75 Å². The van der Waals surface area contributed by atoms with Crippen LogP contribution in [0.25, 0.3) is 22.4 Å². The number of halogens is 1. The zero-order valence-electron chi connectivity index (χ0n) is 12.6. The van der Waals surface area contributed by atoms with Gasteiger partial charge in [0.05, 0.1) is 18.8 Å². The maximum atomic E-state index is 9.66. The number of ether oxygens (including phenoxy) is 1. The summed E-state index contributed by atoms with van der Waals surface area (Å²) in [5, 5.41) is 11.8. The van der Waals surface area contributed by atoms with Gasteiger partial charge in [0.2, 0.25) is 0 Å². The summed E-state index contributed by atoms with van der Waals surface area (Å²) in [5.74, 6) is 0.737. The summed E-state index contributed by atoms with van der Waals surface area (Å²) in [7, 11) is 1.63. The van der Waals surface area contributed by atoms with Gasteiger partial charge in [-0.3, -0.25) is 0 Å². The second kappa shape index (κ2) is 6.68. The highest BCUT2D eigenvalue weighted by molar-refractivity contribution is 9.10. The molecule has 0 N–H and O–H groups in total. The van der Waals surface area contributed by atoms with Crippen LogP contribution in [-0.2, 0) is 0 Å². The molecule has 0 unspecified atom stereocenters. The number of nitriles is 1. The fraction of sp³-hybridized carbons (Fsp3) is 0.0500. The highest BCUT2D eigenvalue weighted by Gasteiger charge is 2.08. The predicted molar refractivity (Wildman–Crippen MR) is 98.1 cm³/mol. The molecule has 0 aliphatic rings. The van der Waals surface area contributed by atoms with Crippen LogP contribution in [0.1, 0.15) is 11.1 Å². The van der Waals surface area contributed by atoms with Gasteiger partial charge < -0.3 is 4.74 Å². The molecule has 0 atom stereocenters. The van der Waals surface area contributed by atoms with E-state index < -0.39 is 0 Å². The summed E-state index contributed by atoms with van der Waals surface area (Å²) < 4.78 is 6.34. The minimum absolute atomic E-state index is 0.609. The van der Waals surface area contributed by atoms with Crippen LogP contribution < -0.4 is 4.74 Å². The fourth-order valence-electron chi connectivity index (χ4n) is 2.60. The fourth-order valence-corrected chi connectivity index (χ4v) is 2.98. The second-order valence-corrected chi connectivity index (χ2v) is 6.00. The highest BCUT2D eigenvalue weighted by atomic mass is 79.9. The van der Waals surface area contributed by atoms with E-state index >= 15 is 0 Å². The predicted octanol–water partition coefficient (Wildman–Crippen LogP) is 5.68. The lowest BCUT2D eigenvalue weighted by Gasteiger charge is -2.08. The van der Waals surface area contributed by atoms with Crippen molar-refractivity contribution in [2.45, 2.75) is 0 Å². The number of hydrogen-bond acceptors (Lipinski definition) is 2. The number of hydrogen-bond donors (Lipinski definition) is 0. The third kappa shape index (κ3) is 3.13. The standard InChI is InChI=1S/C20H14BrNO/c1-23-20-10-9-17(21)12-15(20)11-16(13-22)19-8-4-6-14-5-2-3-7-18(14)19/h2-12H,1H3/b16-11+. The number of benzene rings is 3. The molecule has 3 rings (SSSR count). The molecule has 0 fully saturated rings. The maximum Gasteiger partial charge on any atom is 0.126 e.